The molecule has 0 aliphatic rings. The van der Waals surface area contributed by atoms with Gasteiger partial charge in [0, 0.05) is 0 Å². The first kappa shape index (κ1) is 13.2. The second-order valence-electron chi connectivity index (χ2n) is 4.39. The molecule has 0 aliphatic carbocycles. The maximum Gasteiger partial charge on any atom is 0.242 e. The second kappa shape index (κ2) is 6.08. The summed E-state index contributed by atoms with van der Waals surface area (Å²) in [6.07, 6.45) is 2.43. The zero-order valence-corrected chi connectivity index (χ0v) is 11.1. The van der Waals surface area contributed by atoms with Crippen LogP contribution in [0.1, 0.15) is 31.0 Å². The fourth-order valence-electron chi connectivity index (χ4n) is 1.81. The van der Waals surface area contributed by atoms with Crippen molar-refractivity contribution >= 4 is 5.91 Å². The lowest BCUT2D eigenvalue weighted by Crippen LogP contribution is -2.30. The molecular weight excluding hydrogens is 242 g/mol. The molecule has 0 aliphatic heterocycles. The Bertz CT molecular complexity index is 520. The van der Waals surface area contributed by atoms with E-state index in [2.05, 4.69) is 39.9 Å². The molecule has 0 saturated carbocycles. The van der Waals surface area contributed by atoms with Gasteiger partial charge in [-0.15, -0.1) is 5.10 Å². The fraction of sp³-hybridized carbons (Fsp3) is 0.385. The van der Waals surface area contributed by atoms with E-state index in [4.69, 9.17) is 0 Å². The van der Waals surface area contributed by atoms with Crippen LogP contribution in [0.3, 0.4) is 0 Å². The second-order valence-corrected chi connectivity index (χ2v) is 4.39. The summed E-state index contributed by atoms with van der Waals surface area (Å²) in [5.41, 5.74) is 2.37. The van der Waals surface area contributed by atoms with E-state index in [0.29, 0.717) is 0 Å². The van der Waals surface area contributed by atoms with Crippen molar-refractivity contribution in [1.82, 2.24) is 25.5 Å². The van der Waals surface area contributed by atoms with E-state index < -0.39 is 0 Å². The molecule has 2 aromatic rings. The molecule has 1 aromatic heterocycles. The van der Waals surface area contributed by atoms with E-state index in [9.17, 15) is 4.79 Å². The average Bonchev–Trinajstić information content (AvgIpc) is 2.91. The Morgan fingerprint density at radius 1 is 1.37 bits per heavy atom. The topological polar surface area (TPSA) is 72.7 Å². The highest BCUT2D eigenvalue weighted by molar-refractivity contribution is 5.76. The SMILES string of the molecule is CCc1ccc(C(C)NC(=O)Cn2cnnn2)cc1. The first-order chi connectivity index (χ1) is 9.19. The van der Waals surface area contributed by atoms with Crippen molar-refractivity contribution in [1.29, 1.82) is 0 Å². The van der Waals surface area contributed by atoms with Gasteiger partial charge < -0.3 is 5.32 Å². The predicted octanol–water partition coefficient (Wildman–Crippen LogP) is 1.11. The molecule has 0 bridgehead atoms. The van der Waals surface area contributed by atoms with Crippen molar-refractivity contribution in [3.8, 4) is 0 Å². The predicted molar refractivity (Wildman–Crippen MR) is 70.2 cm³/mol. The molecule has 1 atom stereocenters. The van der Waals surface area contributed by atoms with Crippen LogP contribution in [-0.2, 0) is 17.8 Å². The Labute approximate surface area is 111 Å². The highest BCUT2D eigenvalue weighted by atomic mass is 16.2. The number of carbonyl (C=O) groups is 1. The molecule has 0 saturated heterocycles. The number of carbonyl (C=O) groups excluding carboxylic acids is 1. The third-order valence-corrected chi connectivity index (χ3v) is 2.96. The van der Waals surface area contributed by atoms with Gasteiger partial charge in [0.2, 0.25) is 5.91 Å². The summed E-state index contributed by atoms with van der Waals surface area (Å²) < 4.78 is 1.39. The minimum Gasteiger partial charge on any atom is -0.348 e. The monoisotopic (exact) mass is 259 g/mol. The number of hydrogen-bond donors (Lipinski definition) is 1. The van der Waals surface area contributed by atoms with E-state index in [0.717, 1.165) is 12.0 Å². The molecule has 1 amide bonds. The Balaban J connectivity index is 1.92. The van der Waals surface area contributed by atoms with Crippen LogP contribution in [0.4, 0.5) is 0 Å². The first-order valence-corrected chi connectivity index (χ1v) is 6.28. The first-order valence-electron chi connectivity index (χ1n) is 6.28. The summed E-state index contributed by atoms with van der Waals surface area (Å²) in [6.45, 7) is 4.20. The van der Waals surface area contributed by atoms with Crippen LogP contribution in [0.5, 0.6) is 0 Å². The summed E-state index contributed by atoms with van der Waals surface area (Å²) >= 11 is 0. The minimum absolute atomic E-state index is 0.0325. The lowest BCUT2D eigenvalue weighted by atomic mass is 10.1. The van der Waals surface area contributed by atoms with Crippen molar-refractivity contribution in [3.05, 3.63) is 41.7 Å². The van der Waals surface area contributed by atoms with Crippen LogP contribution >= 0.6 is 0 Å². The van der Waals surface area contributed by atoms with Gasteiger partial charge in [0.05, 0.1) is 6.04 Å². The number of nitrogens with zero attached hydrogens (tertiary/aromatic N) is 4. The Morgan fingerprint density at radius 3 is 2.68 bits per heavy atom. The molecule has 1 unspecified atom stereocenters. The summed E-state index contributed by atoms with van der Waals surface area (Å²) in [5, 5.41) is 13.5. The Morgan fingerprint density at radius 2 is 2.11 bits per heavy atom. The van der Waals surface area contributed by atoms with E-state index in [1.165, 1.54) is 16.6 Å². The van der Waals surface area contributed by atoms with Gasteiger partial charge >= 0.3 is 0 Å². The van der Waals surface area contributed by atoms with Crippen molar-refractivity contribution < 1.29 is 4.79 Å². The molecule has 0 radical (unpaired) electrons. The molecular formula is C13H17N5O. The average molecular weight is 259 g/mol. The van der Waals surface area contributed by atoms with Gasteiger partial charge in [-0.2, -0.15) is 0 Å². The molecule has 6 heteroatoms. The molecule has 1 aromatic carbocycles. The van der Waals surface area contributed by atoms with Crippen molar-refractivity contribution in [2.75, 3.05) is 0 Å². The standard InChI is InChI=1S/C13H17N5O/c1-3-11-4-6-12(7-5-11)10(2)15-13(19)8-18-9-14-16-17-18/h4-7,9-10H,3,8H2,1-2H3,(H,15,19). The van der Waals surface area contributed by atoms with Gasteiger partial charge in [-0.3, -0.25) is 4.79 Å². The molecule has 100 valence electrons. The van der Waals surface area contributed by atoms with Crippen LogP contribution in [0, 0.1) is 0 Å². The number of nitrogens with one attached hydrogen (secondary N) is 1. The normalized spacial score (nSPS) is 12.1. The molecule has 0 spiro atoms. The van der Waals surface area contributed by atoms with Gasteiger partial charge in [0.1, 0.15) is 12.9 Å². The van der Waals surface area contributed by atoms with Crippen molar-refractivity contribution in [2.24, 2.45) is 0 Å². The lowest BCUT2D eigenvalue weighted by molar-refractivity contribution is -0.122. The van der Waals surface area contributed by atoms with E-state index in [1.54, 1.807) is 0 Å². The number of rotatable bonds is 5. The van der Waals surface area contributed by atoms with Gasteiger partial charge in [-0.25, -0.2) is 4.68 Å². The molecule has 19 heavy (non-hydrogen) atoms. The van der Waals surface area contributed by atoms with E-state index in [-0.39, 0.29) is 18.5 Å². The molecule has 6 nitrogen and oxygen atoms in total. The van der Waals surface area contributed by atoms with Crippen LogP contribution < -0.4 is 5.32 Å². The summed E-state index contributed by atoms with van der Waals surface area (Å²) in [4.78, 5) is 11.8. The highest BCUT2D eigenvalue weighted by Gasteiger charge is 2.10. The third-order valence-electron chi connectivity index (χ3n) is 2.96. The van der Waals surface area contributed by atoms with Gasteiger partial charge in [-0.1, -0.05) is 31.2 Å². The molecule has 0 fully saturated rings. The van der Waals surface area contributed by atoms with Crippen LogP contribution in [-0.4, -0.2) is 26.1 Å². The lowest BCUT2D eigenvalue weighted by Gasteiger charge is -2.14. The number of aryl methyl sites for hydroxylation is 1. The fourth-order valence-corrected chi connectivity index (χ4v) is 1.81. The minimum atomic E-state index is -0.112. The summed E-state index contributed by atoms with van der Waals surface area (Å²) in [6, 6.07) is 8.22. The van der Waals surface area contributed by atoms with Crippen LogP contribution in [0.15, 0.2) is 30.6 Å². The molecule has 1 N–H and O–H groups in total. The number of benzene rings is 1. The van der Waals surface area contributed by atoms with Crippen LogP contribution in [0.2, 0.25) is 0 Å². The third kappa shape index (κ3) is 3.61. The van der Waals surface area contributed by atoms with Crippen molar-refractivity contribution in [2.45, 2.75) is 32.9 Å². The number of tetrazole rings is 1. The summed E-state index contributed by atoms with van der Waals surface area (Å²) in [7, 11) is 0. The maximum atomic E-state index is 11.8. The Hall–Kier alpha value is -2.24. The quantitative estimate of drug-likeness (QED) is 0.873. The molecule has 1 heterocycles. The highest BCUT2D eigenvalue weighted by Crippen LogP contribution is 2.13. The Kier molecular flexibility index (Phi) is 4.22. The van der Waals surface area contributed by atoms with Gasteiger partial charge in [0.15, 0.2) is 0 Å². The maximum absolute atomic E-state index is 11.8. The number of aromatic nitrogens is 4. The summed E-state index contributed by atoms with van der Waals surface area (Å²) in [5.74, 6) is -0.112. The number of hydrogen-bond acceptors (Lipinski definition) is 4. The van der Waals surface area contributed by atoms with Crippen molar-refractivity contribution in [3.63, 3.8) is 0 Å². The van der Waals surface area contributed by atoms with Gasteiger partial charge in [-0.05, 0) is 34.9 Å². The smallest absolute Gasteiger partial charge is 0.242 e. The van der Waals surface area contributed by atoms with Gasteiger partial charge in [0.25, 0.3) is 0 Å². The van der Waals surface area contributed by atoms with E-state index in [1.807, 2.05) is 19.1 Å². The zero-order valence-electron chi connectivity index (χ0n) is 11.1. The van der Waals surface area contributed by atoms with E-state index >= 15 is 0 Å². The number of amides is 1. The van der Waals surface area contributed by atoms with Crippen LogP contribution in [0.25, 0.3) is 0 Å². The molecule has 2 rings (SSSR count). The zero-order chi connectivity index (χ0) is 13.7. The largest absolute Gasteiger partial charge is 0.348 e.